The molecule has 0 saturated carbocycles. The van der Waals surface area contributed by atoms with Gasteiger partial charge in [0.2, 0.25) is 0 Å². The second-order valence-corrected chi connectivity index (χ2v) is 4.71. The number of hydrogen-bond acceptors (Lipinski definition) is 5. The molecule has 2 aromatic rings. The summed E-state index contributed by atoms with van der Waals surface area (Å²) in [6.07, 6.45) is 4.21. The lowest BCUT2D eigenvalue weighted by molar-refractivity contribution is 0.0753. The van der Waals surface area contributed by atoms with E-state index >= 15 is 0 Å². The van der Waals surface area contributed by atoms with E-state index in [4.69, 9.17) is 4.42 Å². The van der Waals surface area contributed by atoms with E-state index < -0.39 is 11.5 Å². The van der Waals surface area contributed by atoms with E-state index in [-0.39, 0.29) is 17.4 Å². The molecule has 0 radical (unpaired) electrons. The van der Waals surface area contributed by atoms with Crippen LogP contribution in [0.1, 0.15) is 28.7 Å². The normalized spacial score (nSPS) is 18.4. The molecular weight excluding hydrogens is 262 g/mol. The summed E-state index contributed by atoms with van der Waals surface area (Å²) >= 11 is 0. The molecule has 3 heterocycles. The number of rotatable bonds is 2. The largest absolute Gasteiger partial charge is 0.508 e. The Morgan fingerprint density at radius 2 is 2.35 bits per heavy atom. The van der Waals surface area contributed by atoms with Crippen LogP contribution >= 0.6 is 0 Å². The van der Waals surface area contributed by atoms with Crippen molar-refractivity contribution in [2.45, 2.75) is 12.3 Å². The predicted molar refractivity (Wildman–Crippen MR) is 68.5 cm³/mol. The maximum absolute atomic E-state index is 12.2. The zero-order chi connectivity index (χ0) is 14.1. The highest BCUT2D eigenvalue weighted by atomic mass is 16.4. The number of aromatic amines is 1. The molecular formula is C13H13N3O4. The molecule has 1 amide bonds. The Bertz CT molecular complexity index is 677. The van der Waals surface area contributed by atoms with Crippen molar-refractivity contribution < 1.29 is 14.3 Å². The summed E-state index contributed by atoms with van der Waals surface area (Å²) in [5.41, 5.74) is -0.741. The van der Waals surface area contributed by atoms with Crippen molar-refractivity contribution in [1.29, 1.82) is 0 Å². The summed E-state index contributed by atoms with van der Waals surface area (Å²) in [5.74, 6) is 0.184. The minimum Gasteiger partial charge on any atom is -0.508 e. The summed E-state index contributed by atoms with van der Waals surface area (Å²) in [5, 5.41) is 9.34. The van der Waals surface area contributed by atoms with Crippen LogP contribution in [0.15, 0.2) is 33.7 Å². The van der Waals surface area contributed by atoms with Gasteiger partial charge in [-0.3, -0.25) is 4.79 Å². The van der Waals surface area contributed by atoms with Crippen molar-refractivity contribution in [2.24, 2.45) is 0 Å². The van der Waals surface area contributed by atoms with Gasteiger partial charge in [-0.05, 0) is 6.42 Å². The second kappa shape index (κ2) is 4.84. The third-order valence-electron chi connectivity index (χ3n) is 3.35. The fraction of sp³-hybridized carbons (Fsp3) is 0.308. The zero-order valence-electron chi connectivity index (χ0n) is 10.6. The molecule has 1 aliphatic heterocycles. The van der Waals surface area contributed by atoms with Crippen molar-refractivity contribution in [1.82, 2.24) is 14.9 Å². The average Bonchev–Trinajstić information content (AvgIpc) is 3.07. The van der Waals surface area contributed by atoms with Crippen molar-refractivity contribution in [3.8, 4) is 5.75 Å². The van der Waals surface area contributed by atoms with Gasteiger partial charge in [0.1, 0.15) is 11.6 Å². The minimum atomic E-state index is -0.741. The van der Waals surface area contributed by atoms with Gasteiger partial charge in [-0.25, -0.2) is 9.78 Å². The number of nitrogens with zero attached hydrogens (tertiary/aromatic N) is 2. The maximum atomic E-state index is 12.2. The lowest BCUT2D eigenvalue weighted by Gasteiger charge is -2.15. The third kappa shape index (κ3) is 2.29. The van der Waals surface area contributed by atoms with Crippen LogP contribution in [0.25, 0.3) is 0 Å². The van der Waals surface area contributed by atoms with E-state index in [1.165, 1.54) is 0 Å². The van der Waals surface area contributed by atoms with Crippen LogP contribution in [0.3, 0.4) is 0 Å². The summed E-state index contributed by atoms with van der Waals surface area (Å²) < 4.78 is 4.83. The zero-order valence-corrected chi connectivity index (χ0v) is 10.6. The number of H-pyrrole nitrogens is 1. The van der Waals surface area contributed by atoms with Crippen LogP contribution in [-0.4, -0.2) is 39.0 Å². The monoisotopic (exact) mass is 275 g/mol. The van der Waals surface area contributed by atoms with Crippen LogP contribution < -0.4 is 5.63 Å². The van der Waals surface area contributed by atoms with Crippen LogP contribution in [0, 0.1) is 0 Å². The number of carbonyl (C=O) groups is 1. The van der Waals surface area contributed by atoms with E-state index in [9.17, 15) is 14.7 Å². The molecule has 104 valence electrons. The molecule has 1 unspecified atom stereocenters. The number of likely N-dealkylation sites (tertiary alicyclic amines) is 1. The average molecular weight is 275 g/mol. The molecule has 7 nitrogen and oxygen atoms in total. The van der Waals surface area contributed by atoms with Gasteiger partial charge in [-0.15, -0.1) is 0 Å². The highest BCUT2D eigenvalue weighted by Gasteiger charge is 2.30. The lowest BCUT2D eigenvalue weighted by atomic mass is 10.1. The third-order valence-corrected chi connectivity index (χ3v) is 3.35. The lowest BCUT2D eigenvalue weighted by Crippen LogP contribution is -2.29. The fourth-order valence-corrected chi connectivity index (χ4v) is 2.39. The first-order valence-corrected chi connectivity index (χ1v) is 6.26. The molecule has 3 rings (SSSR count). The molecule has 1 aliphatic rings. The van der Waals surface area contributed by atoms with Crippen molar-refractivity contribution in [2.75, 3.05) is 13.1 Å². The predicted octanol–water partition coefficient (Wildman–Crippen LogP) is 0.698. The van der Waals surface area contributed by atoms with Gasteiger partial charge in [0.25, 0.3) is 5.91 Å². The Labute approximate surface area is 113 Å². The summed E-state index contributed by atoms with van der Waals surface area (Å²) in [7, 11) is 0. The number of amides is 1. The van der Waals surface area contributed by atoms with Crippen molar-refractivity contribution >= 4 is 5.91 Å². The number of imidazole rings is 1. The van der Waals surface area contributed by atoms with Gasteiger partial charge in [0, 0.05) is 37.5 Å². The number of aromatic nitrogens is 2. The Balaban J connectivity index is 1.77. The van der Waals surface area contributed by atoms with Crippen LogP contribution in [0.5, 0.6) is 5.75 Å². The molecule has 1 atom stereocenters. The van der Waals surface area contributed by atoms with E-state index in [2.05, 4.69) is 9.97 Å². The van der Waals surface area contributed by atoms with Crippen molar-refractivity contribution in [3.63, 3.8) is 0 Å². The smallest absolute Gasteiger partial charge is 0.340 e. The topological polar surface area (TPSA) is 99.4 Å². The van der Waals surface area contributed by atoms with E-state index in [0.717, 1.165) is 24.4 Å². The first-order chi connectivity index (χ1) is 9.63. The first kappa shape index (κ1) is 12.5. The maximum Gasteiger partial charge on any atom is 0.340 e. The molecule has 1 fully saturated rings. The fourth-order valence-electron chi connectivity index (χ4n) is 2.39. The summed E-state index contributed by atoms with van der Waals surface area (Å²) in [4.78, 5) is 32.2. The first-order valence-electron chi connectivity index (χ1n) is 6.26. The molecule has 7 heteroatoms. The van der Waals surface area contributed by atoms with Crippen LogP contribution in [0.4, 0.5) is 0 Å². The van der Waals surface area contributed by atoms with E-state index in [1.807, 2.05) is 0 Å². The van der Waals surface area contributed by atoms with Crippen LogP contribution in [-0.2, 0) is 0 Å². The number of carbonyl (C=O) groups excluding carboxylic acids is 1. The van der Waals surface area contributed by atoms with Gasteiger partial charge in [0.15, 0.2) is 5.76 Å². The molecule has 2 N–H and O–H groups in total. The summed E-state index contributed by atoms with van der Waals surface area (Å²) in [6, 6.07) is 2.08. The molecule has 0 aliphatic carbocycles. The van der Waals surface area contributed by atoms with E-state index in [1.54, 1.807) is 17.3 Å². The van der Waals surface area contributed by atoms with Crippen LogP contribution in [0.2, 0.25) is 0 Å². The second-order valence-electron chi connectivity index (χ2n) is 4.71. The molecule has 20 heavy (non-hydrogen) atoms. The Morgan fingerprint density at radius 3 is 3.05 bits per heavy atom. The molecule has 0 aromatic carbocycles. The highest BCUT2D eigenvalue weighted by Crippen LogP contribution is 2.25. The highest BCUT2D eigenvalue weighted by molar-refractivity contribution is 5.91. The number of hydrogen-bond donors (Lipinski definition) is 2. The SMILES string of the molecule is O=C(c1cc(O)cc(=O)o1)N1CCC(c2ncc[nH]2)C1. The quantitative estimate of drug-likeness (QED) is 0.840. The standard InChI is InChI=1S/C13H13N3O4/c17-9-5-10(20-11(18)6-9)13(19)16-4-1-8(7-16)12-14-2-3-15-12/h2-3,5-6,8,17H,1,4,7H2,(H,14,15). The number of nitrogens with one attached hydrogen (secondary N) is 1. The molecule has 0 spiro atoms. The van der Waals surface area contributed by atoms with Gasteiger partial charge in [-0.2, -0.15) is 0 Å². The van der Waals surface area contributed by atoms with Gasteiger partial charge < -0.3 is 19.4 Å². The Morgan fingerprint density at radius 1 is 1.50 bits per heavy atom. The molecule has 2 aromatic heterocycles. The Hall–Kier alpha value is -2.57. The number of aromatic hydroxyl groups is 1. The van der Waals surface area contributed by atoms with E-state index in [0.29, 0.717) is 13.1 Å². The van der Waals surface area contributed by atoms with Crippen molar-refractivity contribution in [3.05, 3.63) is 46.5 Å². The summed E-state index contributed by atoms with van der Waals surface area (Å²) in [6.45, 7) is 1.06. The van der Waals surface area contributed by atoms with Gasteiger partial charge in [0.05, 0.1) is 6.07 Å². The molecule has 0 bridgehead atoms. The van der Waals surface area contributed by atoms with Gasteiger partial charge in [-0.1, -0.05) is 0 Å². The van der Waals surface area contributed by atoms with Gasteiger partial charge >= 0.3 is 5.63 Å². The molecule has 1 saturated heterocycles. The Kier molecular flexibility index (Phi) is 3.02. The minimum absolute atomic E-state index is 0.143.